The first-order chi connectivity index (χ1) is 15.4. The number of nitrogens with one attached hydrogen (secondary N) is 1. The number of hydrogen-bond acceptors (Lipinski definition) is 6. The van der Waals surface area contributed by atoms with E-state index >= 15 is 0 Å². The number of rotatable bonds is 6. The number of aryl methyl sites for hydroxylation is 2. The third-order valence-corrected chi connectivity index (χ3v) is 5.22. The normalized spacial score (nSPS) is 15.7. The zero-order chi connectivity index (χ0) is 22.8. The molecule has 32 heavy (non-hydrogen) atoms. The van der Waals surface area contributed by atoms with Crippen LogP contribution in [0.15, 0.2) is 58.9 Å². The molecular formula is C24H25N3O5. The quantitative estimate of drug-likeness (QED) is 0.551. The molecule has 1 aliphatic rings. The summed E-state index contributed by atoms with van der Waals surface area (Å²) >= 11 is 0. The van der Waals surface area contributed by atoms with Gasteiger partial charge in [-0.15, -0.1) is 0 Å². The zero-order valence-corrected chi connectivity index (χ0v) is 18.1. The highest BCUT2D eigenvalue weighted by atomic mass is 16.6. The number of hydrogen-bond donors (Lipinski definition) is 3. The van der Waals surface area contributed by atoms with Crippen molar-refractivity contribution in [3.63, 3.8) is 0 Å². The lowest BCUT2D eigenvalue weighted by Gasteiger charge is -2.11. The molecule has 0 amide bonds. The Kier molecular flexibility index (Phi) is 5.98. The summed E-state index contributed by atoms with van der Waals surface area (Å²) in [4.78, 5) is 20.9. The largest absolute Gasteiger partial charge is 0.494 e. The van der Waals surface area contributed by atoms with Gasteiger partial charge in [0.2, 0.25) is 0 Å². The molecule has 2 aromatic heterocycles. The van der Waals surface area contributed by atoms with Crippen molar-refractivity contribution in [1.82, 2.24) is 9.55 Å². The molecule has 0 aliphatic carbocycles. The predicted octanol–water partition coefficient (Wildman–Crippen LogP) is 3.30. The number of aliphatic imine (C=N–C) groups is 1. The summed E-state index contributed by atoms with van der Waals surface area (Å²) in [5, 5.41) is 19.4. The van der Waals surface area contributed by atoms with Gasteiger partial charge in [0.1, 0.15) is 24.2 Å². The summed E-state index contributed by atoms with van der Waals surface area (Å²) in [6.45, 7) is 3.19. The summed E-state index contributed by atoms with van der Waals surface area (Å²) in [6, 6.07) is 11.3. The minimum absolute atomic E-state index is 0.316. The Labute approximate surface area is 185 Å². The average Bonchev–Trinajstić information content (AvgIpc) is 3.46. The minimum atomic E-state index is -1.14. The first-order valence-electron chi connectivity index (χ1n) is 10.2. The molecule has 0 bridgehead atoms. The number of methoxy groups -OCH3 is 1. The summed E-state index contributed by atoms with van der Waals surface area (Å²) < 4.78 is 12.2. The van der Waals surface area contributed by atoms with Gasteiger partial charge in [0.15, 0.2) is 0 Å². The van der Waals surface area contributed by atoms with Gasteiger partial charge < -0.3 is 24.7 Å². The molecule has 8 heteroatoms. The van der Waals surface area contributed by atoms with Gasteiger partial charge in [-0.1, -0.05) is 18.2 Å². The van der Waals surface area contributed by atoms with Gasteiger partial charge in [-0.25, -0.2) is 14.4 Å². The Morgan fingerprint density at radius 1 is 1.28 bits per heavy atom. The van der Waals surface area contributed by atoms with Crippen molar-refractivity contribution >= 4 is 28.8 Å². The fourth-order valence-electron chi connectivity index (χ4n) is 3.67. The van der Waals surface area contributed by atoms with Crippen LogP contribution in [-0.4, -0.2) is 58.0 Å². The molecule has 8 nitrogen and oxygen atoms in total. The fraction of sp³-hybridized carbons (Fsp3) is 0.250. The van der Waals surface area contributed by atoms with E-state index in [1.54, 1.807) is 19.3 Å². The molecular weight excluding hydrogens is 410 g/mol. The van der Waals surface area contributed by atoms with E-state index in [9.17, 15) is 9.90 Å². The van der Waals surface area contributed by atoms with Crippen LogP contribution >= 0.6 is 0 Å². The molecule has 4 rings (SSSR count). The van der Waals surface area contributed by atoms with Crippen LogP contribution < -0.4 is 0 Å². The number of nitrogens with zero attached hydrogens (tertiary/aromatic N) is 2. The number of ether oxygens (including phenoxy) is 2. The second kappa shape index (κ2) is 8.86. The highest BCUT2D eigenvalue weighted by Gasteiger charge is 2.24. The van der Waals surface area contributed by atoms with Gasteiger partial charge in [-0.2, -0.15) is 0 Å². The van der Waals surface area contributed by atoms with Crippen LogP contribution in [0.3, 0.4) is 0 Å². The van der Waals surface area contributed by atoms with Crippen molar-refractivity contribution in [1.29, 1.82) is 0 Å². The van der Waals surface area contributed by atoms with Gasteiger partial charge >= 0.3 is 6.09 Å². The molecule has 0 saturated carbocycles. The van der Waals surface area contributed by atoms with E-state index in [0.717, 1.165) is 22.3 Å². The lowest BCUT2D eigenvalue weighted by molar-refractivity contribution is 0.0328. The second-order valence-corrected chi connectivity index (χ2v) is 7.63. The molecule has 1 aromatic carbocycles. The number of aliphatic hydroxyl groups is 2. The van der Waals surface area contributed by atoms with E-state index < -0.39 is 18.8 Å². The summed E-state index contributed by atoms with van der Waals surface area (Å²) in [6.07, 6.45) is 1.87. The number of allylic oxidation sites excluding steroid dienone is 1. The van der Waals surface area contributed by atoms with Gasteiger partial charge in [-0.05, 0) is 43.7 Å². The van der Waals surface area contributed by atoms with Crippen LogP contribution in [-0.2, 0) is 9.47 Å². The van der Waals surface area contributed by atoms with Crippen molar-refractivity contribution < 1.29 is 24.5 Å². The monoisotopic (exact) mass is 435 g/mol. The van der Waals surface area contributed by atoms with Crippen LogP contribution in [0, 0.1) is 13.8 Å². The molecule has 0 spiro atoms. The lowest BCUT2D eigenvalue weighted by atomic mass is 10.2. The standard InChI is InChI=1S/C24H25N3O5/c1-14-8-15(2)25-18(14)10-20-23(31-3)11-19(26-20)22-9-16-6-4-5-7-21(16)27(22)24(30)32-13-17(29)12-28/h4-11,17,25,28-29H,12-13H2,1-3H3/b20-10-. The number of carbonyl (C=O) groups is 1. The molecule has 0 radical (unpaired) electrons. The molecule has 1 aliphatic heterocycles. The molecule has 1 unspecified atom stereocenters. The van der Waals surface area contributed by atoms with Gasteiger partial charge in [0, 0.05) is 22.9 Å². The second-order valence-electron chi connectivity index (χ2n) is 7.63. The van der Waals surface area contributed by atoms with Crippen molar-refractivity contribution in [3.05, 3.63) is 76.6 Å². The molecule has 1 atom stereocenters. The molecule has 166 valence electrons. The Morgan fingerprint density at radius 3 is 2.75 bits per heavy atom. The maximum atomic E-state index is 12.9. The predicted molar refractivity (Wildman–Crippen MR) is 122 cm³/mol. The van der Waals surface area contributed by atoms with Crippen molar-refractivity contribution in [3.8, 4) is 0 Å². The first-order valence-corrected chi connectivity index (χ1v) is 10.2. The van der Waals surface area contributed by atoms with E-state index in [4.69, 9.17) is 19.6 Å². The molecule has 3 heterocycles. The number of aromatic nitrogens is 2. The molecule has 0 fully saturated rings. The summed E-state index contributed by atoms with van der Waals surface area (Å²) in [5.41, 5.74) is 5.43. The molecule has 3 aromatic rings. The third-order valence-electron chi connectivity index (χ3n) is 5.22. The van der Waals surface area contributed by atoms with E-state index in [1.807, 2.05) is 44.2 Å². The zero-order valence-electron chi connectivity index (χ0n) is 18.1. The number of H-pyrrole nitrogens is 1. The Hall–Kier alpha value is -3.62. The SMILES string of the molecule is COC1=CC(c2cc3ccccc3n2C(=O)OCC(O)CO)=N/C1=C\c1[nH]c(C)cc1C. The lowest BCUT2D eigenvalue weighted by Crippen LogP contribution is -2.25. The number of aliphatic hydroxyl groups excluding tert-OH is 2. The maximum Gasteiger partial charge on any atom is 0.419 e. The number of para-hydroxylation sites is 1. The van der Waals surface area contributed by atoms with E-state index in [0.29, 0.717) is 28.4 Å². The smallest absolute Gasteiger partial charge is 0.419 e. The summed E-state index contributed by atoms with van der Waals surface area (Å²) in [7, 11) is 1.57. The Morgan fingerprint density at radius 2 is 2.06 bits per heavy atom. The van der Waals surface area contributed by atoms with E-state index in [2.05, 4.69) is 11.1 Å². The topological polar surface area (TPSA) is 109 Å². The fourth-order valence-corrected chi connectivity index (χ4v) is 3.67. The molecule has 3 N–H and O–H groups in total. The minimum Gasteiger partial charge on any atom is -0.494 e. The number of fused-ring (bicyclic) bond motifs is 1. The third kappa shape index (κ3) is 4.10. The van der Waals surface area contributed by atoms with Crippen LogP contribution in [0.25, 0.3) is 17.0 Å². The molecule has 0 saturated heterocycles. The van der Waals surface area contributed by atoms with Crippen LogP contribution in [0.2, 0.25) is 0 Å². The van der Waals surface area contributed by atoms with Crippen molar-refractivity contribution in [2.45, 2.75) is 20.0 Å². The first kappa shape index (κ1) is 21.6. The van der Waals surface area contributed by atoms with E-state index in [-0.39, 0.29) is 6.61 Å². The highest BCUT2D eigenvalue weighted by molar-refractivity contribution is 6.15. The number of benzene rings is 1. The maximum absolute atomic E-state index is 12.9. The Bertz CT molecular complexity index is 1260. The van der Waals surface area contributed by atoms with Crippen LogP contribution in [0.1, 0.15) is 22.6 Å². The van der Waals surface area contributed by atoms with Gasteiger partial charge in [0.25, 0.3) is 0 Å². The van der Waals surface area contributed by atoms with Crippen molar-refractivity contribution in [2.75, 3.05) is 20.3 Å². The highest BCUT2D eigenvalue weighted by Crippen LogP contribution is 2.29. The average molecular weight is 435 g/mol. The van der Waals surface area contributed by atoms with Gasteiger partial charge in [-0.3, -0.25) is 0 Å². The van der Waals surface area contributed by atoms with Gasteiger partial charge in [0.05, 0.1) is 30.6 Å². The van der Waals surface area contributed by atoms with Crippen molar-refractivity contribution in [2.24, 2.45) is 4.99 Å². The number of aromatic amines is 1. The van der Waals surface area contributed by atoms with E-state index in [1.165, 1.54) is 4.57 Å². The summed E-state index contributed by atoms with van der Waals surface area (Å²) in [5.74, 6) is 0.576. The van der Waals surface area contributed by atoms with Crippen LogP contribution in [0.4, 0.5) is 4.79 Å². The Balaban J connectivity index is 1.78. The van der Waals surface area contributed by atoms with Crippen LogP contribution in [0.5, 0.6) is 0 Å². The number of carbonyl (C=O) groups excluding carboxylic acids is 1.